The van der Waals surface area contributed by atoms with E-state index in [1.165, 1.54) is 5.39 Å². The summed E-state index contributed by atoms with van der Waals surface area (Å²) in [5.41, 5.74) is 0.965. The molecule has 0 aliphatic rings. The summed E-state index contributed by atoms with van der Waals surface area (Å²) in [6.07, 6.45) is 0. The fourth-order valence-electron chi connectivity index (χ4n) is 1.62. The zero-order valence-electron chi connectivity index (χ0n) is 8.58. The van der Waals surface area contributed by atoms with Crippen molar-refractivity contribution in [1.82, 2.24) is 5.32 Å². The smallest absolute Gasteiger partial charge is 0.134 e. The molecule has 0 saturated carbocycles. The average Bonchev–Trinajstić information content (AvgIpc) is 2.61. The molecule has 2 aromatic rings. The molecular formula is C12H15NO. The number of para-hydroxylation sites is 1. The maximum Gasteiger partial charge on any atom is 0.134 e. The maximum absolute atomic E-state index is 5.72. The largest absolute Gasteiger partial charge is 0.459 e. The third kappa shape index (κ3) is 1.66. The highest BCUT2D eigenvalue weighted by Crippen LogP contribution is 2.23. The lowest BCUT2D eigenvalue weighted by Gasteiger charge is -2.07. The van der Waals surface area contributed by atoms with Crippen molar-refractivity contribution in [2.45, 2.75) is 19.9 Å². The minimum Gasteiger partial charge on any atom is -0.459 e. The van der Waals surface area contributed by atoms with Crippen LogP contribution in [-0.4, -0.2) is 6.54 Å². The lowest BCUT2D eigenvalue weighted by molar-refractivity contribution is 0.459. The minimum absolute atomic E-state index is 0.285. The highest BCUT2D eigenvalue weighted by molar-refractivity contribution is 5.77. The fourth-order valence-corrected chi connectivity index (χ4v) is 1.62. The lowest BCUT2D eigenvalue weighted by atomic mass is 10.2. The van der Waals surface area contributed by atoms with Crippen LogP contribution in [0.1, 0.15) is 25.6 Å². The van der Waals surface area contributed by atoms with Crippen molar-refractivity contribution >= 4 is 11.0 Å². The summed E-state index contributed by atoms with van der Waals surface area (Å²) >= 11 is 0. The van der Waals surface area contributed by atoms with Crippen molar-refractivity contribution in [3.63, 3.8) is 0 Å². The Morgan fingerprint density at radius 2 is 2.14 bits per heavy atom. The first-order valence-corrected chi connectivity index (χ1v) is 5.03. The van der Waals surface area contributed by atoms with E-state index in [1.54, 1.807) is 0 Å². The molecule has 0 amide bonds. The first-order valence-electron chi connectivity index (χ1n) is 5.03. The molecule has 0 aliphatic carbocycles. The Kier molecular flexibility index (Phi) is 2.55. The van der Waals surface area contributed by atoms with Gasteiger partial charge < -0.3 is 9.73 Å². The van der Waals surface area contributed by atoms with Crippen LogP contribution in [0.3, 0.4) is 0 Å². The van der Waals surface area contributed by atoms with Crippen molar-refractivity contribution in [1.29, 1.82) is 0 Å². The third-order valence-corrected chi connectivity index (χ3v) is 2.38. The van der Waals surface area contributed by atoms with Crippen LogP contribution < -0.4 is 5.32 Å². The molecule has 0 spiro atoms. The molecule has 0 aliphatic heterocycles. The van der Waals surface area contributed by atoms with Gasteiger partial charge in [-0.25, -0.2) is 0 Å². The molecule has 0 fully saturated rings. The van der Waals surface area contributed by atoms with Gasteiger partial charge in [0.15, 0.2) is 0 Å². The van der Waals surface area contributed by atoms with Gasteiger partial charge in [-0.3, -0.25) is 0 Å². The van der Waals surface area contributed by atoms with Crippen molar-refractivity contribution < 1.29 is 4.42 Å². The van der Waals surface area contributed by atoms with Crippen molar-refractivity contribution in [3.8, 4) is 0 Å². The second kappa shape index (κ2) is 3.84. The van der Waals surface area contributed by atoms with Gasteiger partial charge in [0.1, 0.15) is 11.3 Å². The van der Waals surface area contributed by atoms with Crippen molar-refractivity contribution in [2.75, 3.05) is 6.54 Å². The fraction of sp³-hybridized carbons (Fsp3) is 0.333. The minimum atomic E-state index is 0.285. The molecule has 14 heavy (non-hydrogen) atoms. The summed E-state index contributed by atoms with van der Waals surface area (Å²) < 4.78 is 5.72. The van der Waals surface area contributed by atoms with Crippen LogP contribution in [0.25, 0.3) is 11.0 Å². The summed E-state index contributed by atoms with van der Waals surface area (Å²) in [4.78, 5) is 0. The Hall–Kier alpha value is -1.28. The van der Waals surface area contributed by atoms with Gasteiger partial charge in [0.25, 0.3) is 0 Å². The van der Waals surface area contributed by atoms with Gasteiger partial charge in [0.2, 0.25) is 0 Å². The Bertz CT molecular complexity index is 386. The quantitative estimate of drug-likeness (QED) is 0.802. The normalized spacial score (nSPS) is 13.3. The summed E-state index contributed by atoms with van der Waals surface area (Å²) in [6.45, 7) is 5.17. The van der Waals surface area contributed by atoms with E-state index in [9.17, 15) is 0 Å². The summed E-state index contributed by atoms with van der Waals surface area (Å²) in [5, 5.41) is 4.50. The second-order valence-electron chi connectivity index (χ2n) is 3.47. The van der Waals surface area contributed by atoms with E-state index in [4.69, 9.17) is 4.42 Å². The standard InChI is InChI=1S/C12H15NO/c1-3-13-9(2)12-8-10-6-4-5-7-11(10)14-12/h4-9,13H,3H2,1-2H3/t9-/m0/s1. The van der Waals surface area contributed by atoms with Crippen LogP contribution in [0, 0.1) is 0 Å². The predicted octanol–water partition coefficient (Wildman–Crippen LogP) is 3.10. The van der Waals surface area contributed by atoms with E-state index >= 15 is 0 Å². The molecule has 1 atom stereocenters. The molecule has 1 aromatic heterocycles. The molecule has 0 radical (unpaired) electrons. The monoisotopic (exact) mass is 189 g/mol. The molecule has 2 heteroatoms. The number of hydrogen-bond donors (Lipinski definition) is 1. The maximum atomic E-state index is 5.72. The summed E-state index contributed by atoms with van der Waals surface area (Å²) in [5.74, 6) is 1.01. The van der Waals surface area contributed by atoms with Gasteiger partial charge in [0.05, 0.1) is 6.04 Å². The lowest BCUT2D eigenvalue weighted by Crippen LogP contribution is -2.16. The van der Waals surface area contributed by atoms with Gasteiger partial charge >= 0.3 is 0 Å². The Morgan fingerprint density at radius 1 is 1.36 bits per heavy atom. The Morgan fingerprint density at radius 3 is 2.86 bits per heavy atom. The number of hydrogen-bond acceptors (Lipinski definition) is 2. The van der Waals surface area contributed by atoms with Crippen molar-refractivity contribution in [3.05, 3.63) is 36.1 Å². The van der Waals surface area contributed by atoms with E-state index in [0.29, 0.717) is 0 Å². The molecule has 0 bridgehead atoms. The van der Waals surface area contributed by atoms with E-state index in [-0.39, 0.29) is 6.04 Å². The molecular weight excluding hydrogens is 174 g/mol. The van der Waals surface area contributed by atoms with E-state index < -0.39 is 0 Å². The third-order valence-electron chi connectivity index (χ3n) is 2.38. The predicted molar refractivity (Wildman–Crippen MR) is 58.3 cm³/mol. The zero-order chi connectivity index (χ0) is 9.97. The van der Waals surface area contributed by atoms with E-state index in [2.05, 4.69) is 31.3 Å². The average molecular weight is 189 g/mol. The van der Waals surface area contributed by atoms with Crippen LogP contribution in [0.2, 0.25) is 0 Å². The molecule has 0 unspecified atom stereocenters. The number of rotatable bonds is 3. The second-order valence-corrected chi connectivity index (χ2v) is 3.47. The van der Waals surface area contributed by atoms with Crippen LogP contribution in [-0.2, 0) is 0 Å². The number of benzene rings is 1. The zero-order valence-corrected chi connectivity index (χ0v) is 8.58. The highest BCUT2D eigenvalue weighted by atomic mass is 16.3. The first-order chi connectivity index (χ1) is 6.81. The first kappa shape index (κ1) is 9.28. The van der Waals surface area contributed by atoms with Gasteiger partial charge in [-0.05, 0) is 25.6 Å². The van der Waals surface area contributed by atoms with Crippen LogP contribution in [0.15, 0.2) is 34.7 Å². The SMILES string of the molecule is CCN[C@@H](C)c1cc2ccccc2o1. The molecule has 1 heterocycles. The van der Waals surface area contributed by atoms with E-state index in [0.717, 1.165) is 17.9 Å². The van der Waals surface area contributed by atoms with Gasteiger partial charge in [-0.15, -0.1) is 0 Å². The van der Waals surface area contributed by atoms with Gasteiger partial charge in [-0.2, -0.15) is 0 Å². The summed E-state index contributed by atoms with van der Waals surface area (Å²) in [6, 6.07) is 10.5. The molecule has 0 saturated heterocycles. The molecule has 2 nitrogen and oxygen atoms in total. The van der Waals surface area contributed by atoms with Crippen LogP contribution in [0.5, 0.6) is 0 Å². The summed E-state index contributed by atoms with van der Waals surface area (Å²) in [7, 11) is 0. The molecule has 2 rings (SSSR count). The number of furan rings is 1. The van der Waals surface area contributed by atoms with Crippen molar-refractivity contribution in [2.24, 2.45) is 0 Å². The molecule has 74 valence electrons. The molecule has 1 N–H and O–H groups in total. The number of fused-ring (bicyclic) bond motifs is 1. The highest BCUT2D eigenvalue weighted by Gasteiger charge is 2.09. The van der Waals surface area contributed by atoms with Gasteiger partial charge in [0, 0.05) is 5.39 Å². The van der Waals surface area contributed by atoms with Crippen LogP contribution in [0.4, 0.5) is 0 Å². The molecule has 1 aromatic carbocycles. The van der Waals surface area contributed by atoms with Gasteiger partial charge in [-0.1, -0.05) is 25.1 Å². The van der Waals surface area contributed by atoms with Crippen LogP contribution >= 0.6 is 0 Å². The topological polar surface area (TPSA) is 25.2 Å². The Labute approximate surface area is 83.9 Å². The number of nitrogens with one attached hydrogen (secondary N) is 1. The Balaban J connectivity index is 2.35. The van der Waals surface area contributed by atoms with E-state index in [1.807, 2.05) is 18.2 Å².